The van der Waals surface area contributed by atoms with E-state index in [-0.39, 0.29) is 0 Å². The van der Waals surface area contributed by atoms with Gasteiger partial charge in [-0.15, -0.1) is 0 Å². The van der Waals surface area contributed by atoms with Gasteiger partial charge in [-0.3, -0.25) is 15.0 Å². The van der Waals surface area contributed by atoms with Crippen molar-refractivity contribution in [3.63, 3.8) is 0 Å². The van der Waals surface area contributed by atoms with E-state index in [4.69, 9.17) is 15.0 Å². The topological polar surface area (TPSA) is 38.7 Å². The lowest BCUT2D eigenvalue weighted by Crippen LogP contribution is -1.91. The highest BCUT2D eigenvalue weighted by Crippen LogP contribution is 2.39. The molecule has 3 aromatic heterocycles. The van der Waals surface area contributed by atoms with Crippen molar-refractivity contribution in [2.45, 2.75) is 0 Å². The fraction of sp³-hybridized carbons (Fsp3) is 0. The van der Waals surface area contributed by atoms with Gasteiger partial charge in [-0.05, 0) is 158 Å². The molecule has 14 rings (SSSR count). The van der Waals surface area contributed by atoms with Crippen molar-refractivity contribution in [3.05, 3.63) is 237 Å². The summed E-state index contributed by atoms with van der Waals surface area (Å²) in [4.78, 5) is 14.7. The third kappa shape index (κ3) is 6.25. The Bertz CT molecular complexity index is 4110. The molecule has 11 aromatic carbocycles. The summed E-state index contributed by atoms with van der Waals surface area (Å²) in [5.41, 5.74) is 11.9. The number of hydrogen-bond donors (Lipinski definition) is 0. The molecule has 0 aliphatic carbocycles. The molecule has 0 N–H and O–H groups in total. The smallest absolute Gasteiger partial charge is 0.0787 e. The van der Waals surface area contributed by atoms with Crippen LogP contribution in [0.1, 0.15) is 0 Å². The molecule has 0 unspecified atom stereocenters. The van der Waals surface area contributed by atoms with E-state index in [9.17, 15) is 0 Å². The Morgan fingerprint density at radius 1 is 0.221 bits per heavy atom. The number of pyridine rings is 3. The normalized spacial score (nSPS) is 11.8. The van der Waals surface area contributed by atoms with Crippen LogP contribution < -0.4 is 0 Å². The minimum absolute atomic E-state index is 0.922. The summed E-state index contributed by atoms with van der Waals surface area (Å²) in [6.45, 7) is 0. The highest BCUT2D eigenvalue weighted by molar-refractivity contribution is 6.19. The van der Waals surface area contributed by atoms with Crippen molar-refractivity contribution < 1.29 is 0 Å². The molecular weight excluding hydrogens is 823 g/mol. The minimum atomic E-state index is 0.922. The molecule has 0 spiro atoms. The molecule has 314 valence electrons. The van der Waals surface area contributed by atoms with Crippen LogP contribution in [-0.4, -0.2) is 15.0 Å². The zero-order valence-electron chi connectivity index (χ0n) is 36.9. The zero-order valence-corrected chi connectivity index (χ0v) is 36.9. The van der Waals surface area contributed by atoms with Crippen molar-refractivity contribution in [1.82, 2.24) is 15.0 Å². The van der Waals surface area contributed by atoms with E-state index in [1.54, 1.807) is 0 Å². The molecule has 0 saturated carbocycles. The van der Waals surface area contributed by atoms with Crippen molar-refractivity contribution in [1.29, 1.82) is 0 Å². The van der Waals surface area contributed by atoms with Crippen molar-refractivity contribution >= 4 is 86.3 Å². The Morgan fingerprint density at radius 3 is 1.34 bits per heavy atom. The van der Waals surface area contributed by atoms with Gasteiger partial charge in [0, 0.05) is 40.5 Å². The molecule has 0 amide bonds. The number of fused-ring (bicyclic) bond motifs is 12. The number of rotatable bonds is 5. The summed E-state index contributed by atoms with van der Waals surface area (Å²) in [5, 5.41) is 18.5. The molecule has 3 nitrogen and oxygen atoms in total. The summed E-state index contributed by atoms with van der Waals surface area (Å²) in [5.74, 6) is 0. The van der Waals surface area contributed by atoms with E-state index < -0.39 is 0 Å². The van der Waals surface area contributed by atoms with Crippen LogP contribution in [0, 0.1) is 0 Å². The predicted octanol–water partition coefficient (Wildman–Crippen LogP) is 17.4. The number of benzene rings is 11. The fourth-order valence-corrected chi connectivity index (χ4v) is 10.7. The van der Waals surface area contributed by atoms with Crippen molar-refractivity contribution in [3.8, 4) is 55.9 Å². The van der Waals surface area contributed by atoms with Gasteiger partial charge in [0.25, 0.3) is 0 Å². The Hall–Kier alpha value is -9.05. The van der Waals surface area contributed by atoms with E-state index in [0.29, 0.717) is 0 Å². The molecule has 0 saturated heterocycles. The first-order chi connectivity index (χ1) is 33.7. The van der Waals surface area contributed by atoms with E-state index in [1.165, 1.54) is 86.9 Å². The van der Waals surface area contributed by atoms with Gasteiger partial charge in [0.2, 0.25) is 0 Å². The second kappa shape index (κ2) is 15.3. The quantitative estimate of drug-likeness (QED) is 0.162. The number of nitrogens with zero attached hydrogens (tertiary/aromatic N) is 3. The van der Waals surface area contributed by atoms with Gasteiger partial charge >= 0.3 is 0 Å². The van der Waals surface area contributed by atoms with E-state index >= 15 is 0 Å². The van der Waals surface area contributed by atoms with Crippen LogP contribution in [0.15, 0.2) is 237 Å². The Kier molecular flexibility index (Phi) is 8.59. The van der Waals surface area contributed by atoms with E-state index in [0.717, 1.165) is 55.3 Å². The van der Waals surface area contributed by atoms with Gasteiger partial charge < -0.3 is 0 Å². The van der Waals surface area contributed by atoms with Crippen LogP contribution in [0.4, 0.5) is 0 Å². The van der Waals surface area contributed by atoms with Crippen LogP contribution in [0.5, 0.6) is 0 Å². The first-order valence-electron chi connectivity index (χ1n) is 23.2. The first-order valence-corrected chi connectivity index (χ1v) is 23.2. The summed E-state index contributed by atoms with van der Waals surface area (Å²) in [7, 11) is 0. The third-order valence-corrected chi connectivity index (χ3v) is 14.2. The largest absolute Gasteiger partial charge is 0.256 e. The summed E-state index contributed by atoms with van der Waals surface area (Å²) in [6.07, 6.45) is 5.74. The molecule has 0 radical (unpaired) electrons. The number of hydrogen-bond acceptors (Lipinski definition) is 3. The molecule has 3 heteroatoms. The zero-order chi connectivity index (χ0) is 44.7. The fourth-order valence-electron chi connectivity index (χ4n) is 10.7. The molecule has 0 bridgehead atoms. The average Bonchev–Trinajstić information content (AvgIpc) is 3.41. The van der Waals surface area contributed by atoms with Crippen LogP contribution in [0.2, 0.25) is 0 Å². The first kappa shape index (κ1) is 38.2. The highest BCUT2D eigenvalue weighted by atomic mass is 14.7. The van der Waals surface area contributed by atoms with Gasteiger partial charge in [-0.1, -0.05) is 164 Å². The third-order valence-electron chi connectivity index (χ3n) is 14.2. The Morgan fingerprint density at radius 2 is 0.676 bits per heavy atom. The average molecular weight is 862 g/mol. The lowest BCUT2D eigenvalue weighted by molar-refractivity contribution is 1.33. The highest BCUT2D eigenvalue weighted by Gasteiger charge is 2.14. The van der Waals surface area contributed by atoms with Gasteiger partial charge in [-0.2, -0.15) is 0 Å². The Labute approximate surface area is 392 Å². The maximum Gasteiger partial charge on any atom is 0.0787 e. The Balaban J connectivity index is 0.765. The monoisotopic (exact) mass is 861 g/mol. The number of aromatic nitrogens is 3. The van der Waals surface area contributed by atoms with E-state index in [1.807, 2.05) is 18.6 Å². The van der Waals surface area contributed by atoms with Crippen molar-refractivity contribution in [2.24, 2.45) is 0 Å². The van der Waals surface area contributed by atoms with Gasteiger partial charge in [-0.25, -0.2) is 0 Å². The lowest BCUT2D eigenvalue weighted by atomic mass is 9.93. The SMILES string of the molecule is c1cc(-c2ccc3c(-c4ccnc5cc(-c6ccnc(-c7ccc8c(ccc9c%10ccccc%10ccc89)c7)c6)ccc45)nccc3c2)cc(-c2ccc3c(ccc4c5ccccc5ccc34)c2)c1. The summed E-state index contributed by atoms with van der Waals surface area (Å²) < 4.78 is 0. The lowest BCUT2D eigenvalue weighted by Gasteiger charge is -2.13. The van der Waals surface area contributed by atoms with Gasteiger partial charge in [0.15, 0.2) is 0 Å². The van der Waals surface area contributed by atoms with E-state index in [2.05, 4.69) is 218 Å². The maximum absolute atomic E-state index is 4.98. The van der Waals surface area contributed by atoms with Crippen LogP contribution in [0.25, 0.3) is 142 Å². The van der Waals surface area contributed by atoms with Gasteiger partial charge in [0.05, 0.1) is 16.9 Å². The second-order valence-electron chi connectivity index (χ2n) is 18.0. The van der Waals surface area contributed by atoms with Gasteiger partial charge in [0.1, 0.15) is 0 Å². The molecular formula is C65H39N3. The molecule has 0 aliphatic heterocycles. The summed E-state index contributed by atoms with van der Waals surface area (Å²) >= 11 is 0. The molecule has 0 aliphatic rings. The molecule has 68 heavy (non-hydrogen) atoms. The molecule has 14 aromatic rings. The van der Waals surface area contributed by atoms with Crippen LogP contribution >= 0.6 is 0 Å². The van der Waals surface area contributed by atoms with Crippen LogP contribution in [-0.2, 0) is 0 Å². The minimum Gasteiger partial charge on any atom is -0.256 e. The molecule has 0 fully saturated rings. The predicted molar refractivity (Wildman–Crippen MR) is 287 cm³/mol. The second-order valence-corrected chi connectivity index (χ2v) is 18.0. The molecule has 3 heterocycles. The van der Waals surface area contributed by atoms with Crippen molar-refractivity contribution in [2.75, 3.05) is 0 Å². The maximum atomic E-state index is 4.98. The van der Waals surface area contributed by atoms with Crippen LogP contribution in [0.3, 0.4) is 0 Å². The molecule has 0 atom stereocenters. The summed E-state index contributed by atoms with van der Waals surface area (Å²) in [6, 6.07) is 79.5. The standard InChI is InChI=1S/C65H39N3/c1-3-10-52-40(6-1)12-23-59-54-20-14-44(35-48(54)17-25-57(52)59)42-8-5-9-43(34-42)45-15-22-56-50(36-45)29-32-68-65(56)62-30-33-67-64-39-46(16-27-61(62)64)47-28-31-66-63(38-47)51-19-21-55-49(37-51)18-26-58-53-11-4-2-7-41(53)13-24-60(55)58/h1-39H.